The molecule has 0 N–H and O–H groups in total. The molecule has 0 bridgehead atoms. The van der Waals surface area contributed by atoms with Crippen molar-refractivity contribution in [2.45, 2.75) is 27.0 Å². The Labute approximate surface area is 121 Å². The van der Waals surface area contributed by atoms with E-state index >= 15 is 0 Å². The van der Waals surface area contributed by atoms with Crippen molar-refractivity contribution in [2.75, 3.05) is 13.2 Å². The summed E-state index contributed by atoms with van der Waals surface area (Å²) in [7, 11) is 0. The zero-order valence-electron chi connectivity index (χ0n) is 11.5. The van der Waals surface area contributed by atoms with Crippen molar-refractivity contribution in [3.63, 3.8) is 0 Å². The van der Waals surface area contributed by atoms with Gasteiger partial charge in [0.25, 0.3) is 0 Å². The largest absolute Gasteiger partial charge is 0.461 e. The number of nitrogens with zero attached hydrogens (tertiary/aromatic N) is 3. The van der Waals surface area contributed by atoms with Crippen molar-refractivity contribution in [1.29, 1.82) is 0 Å². The van der Waals surface area contributed by atoms with Gasteiger partial charge in [0.05, 0.1) is 13.2 Å². The summed E-state index contributed by atoms with van der Waals surface area (Å²) in [4.78, 5) is 20.9. The van der Waals surface area contributed by atoms with E-state index in [-0.39, 0.29) is 5.97 Å². The molecule has 2 aromatic heterocycles. The summed E-state index contributed by atoms with van der Waals surface area (Å²) in [5.74, 6) is 0.488. The Balaban J connectivity index is 2.03. The lowest BCUT2D eigenvalue weighted by Crippen LogP contribution is -2.05. The Hall–Kier alpha value is -1.73. The molecule has 0 saturated carbocycles. The summed E-state index contributed by atoms with van der Waals surface area (Å²) >= 11 is 1.34. The highest BCUT2D eigenvalue weighted by atomic mass is 32.1. The molecule has 2 rings (SSSR count). The Morgan fingerprint density at radius 3 is 2.95 bits per heavy atom. The van der Waals surface area contributed by atoms with Crippen LogP contribution in [0.2, 0.25) is 0 Å². The van der Waals surface area contributed by atoms with Crippen LogP contribution in [-0.2, 0) is 22.6 Å². The second kappa shape index (κ2) is 7.16. The smallest absolute Gasteiger partial charge is 0.367 e. The lowest BCUT2D eigenvalue weighted by Gasteiger charge is -2.05. The lowest BCUT2D eigenvalue weighted by atomic mass is 10.5. The molecule has 0 saturated heterocycles. The number of hydrogen-bond acceptors (Lipinski definition) is 6. The predicted octanol–water partition coefficient (Wildman–Crippen LogP) is 2.10. The van der Waals surface area contributed by atoms with Crippen molar-refractivity contribution >= 4 is 17.3 Å². The third-order valence-electron chi connectivity index (χ3n) is 2.57. The van der Waals surface area contributed by atoms with Gasteiger partial charge in [0.1, 0.15) is 12.4 Å². The van der Waals surface area contributed by atoms with Gasteiger partial charge in [-0.25, -0.2) is 14.8 Å². The summed E-state index contributed by atoms with van der Waals surface area (Å²) in [6.45, 7) is 5.83. The predicted molar refractivity (Wildman–Crippen MR) is 74.7 cm³/mol. The Bertz CT molecular complexity index is 565. The van der Waals surface area contributed by atoms with Crippen LogP contribution in [0.5, 0.6) is 0 Å². The molecule has 0 atom stereocenters. The first-order chi connectivity index (χ1) is 9.74. The molecule has 0 aliphatic heterocycles. The molecule has 108 valence electrons. The normalized spacial score (nSPS) is 10.7. The van der Waals surface area contributed by atoms with E-state index in [1.807, 2.05) is 17.7 Å². The summed E-state index contributed by atoms with van der Waals surface area (Å²) in [6.07, 6.45) is 5.32. The summed E-state index contributed by atoms with van der Waals surface area (Å²) in [6, 6.07) is 0. The van der Waals surface area contributed by atoms with Crippen LogP contribution in [0, 0.1) is 0 Å². The molecule has 0 aromatic carbocycles. The van der Waals surface area contributed by atoms with Crippen molar-refractivity contribution in [1.82, 2.24) is 14.5 Å². The highest BCUT2D eigenvalue weighted by molar-refractivity contribution is 7.13. The maximum Gasteiger partial charge on any atom is 0.367 e. The molecule has 0 unspecified atom stereocenters. The molecule has 0 radical (unpaired) electrons. The molecule has 20 heavy (non-hydrogen) atoms. The van der Waals surface area contributed by atoms with E-state index in [9.17, 15) is 4.79 Å². The third kappa shape index (κ3) is 3.64. The van der Waals surface area contributed by atoms with Crippen LogP contribution in [-0.4, -0.2) is 33.7 Å². The number of rotatable bonds is 7. The minimum absolute atomic E-state index is 0.355. The van der Waals surface area contributed by atoms with Crippen molar-refractivity contribution < 1.29 is 14.3 Å². The molecule has 2 heterocycles. The van der Waals surface area contributed by atoms with E-state index < -0.39 is 0 Å². The van der Waals surface area contributed by atoms with E-state index in [0.717, 1.165) is 10.7 Å². The lowest BCUT2D eigenvalue weighted by molar-refractivity contribution is 0.0526. The monoisotopic (exact) mass is 295 g/mol. The fourth-order valence-corrected chi connectivity index (χ4v) is 2.46. The molecule has 0 amide bonds. The standard InChI is InChI=1S/C13H17N3O3S/c1-3-18-9-11-14-5-6-16(11)8-10-7-15-12(20-10)13(17)19-4-2/h5-7H,3-4,8-9H2,1-2H3. The average molecular weight is 295 g/mol. The van der Waals surface area contributed by atoms with Gasteiger partial charge in [-0.15, -0.1) is 11.3 Å². The second-order valence-electron chi connectivity index (χ2n) is 3.96. The van der Waals surface area contributed by atoms with Gasteiger partial charge in [0, 0.05) is 30.1 Å². The Kier molecular flexibility index (Phi) is 5.25. The first-order valence-electron chi connectivity index (χ1n) is 6.44. The molecule has 0 spiro atoms. The van der Waals surface area contributed by atoms with Gasteiger partial charge < -0.3 is 14.0 Å². The number of carbonyl (C=O) groups excluding carboxylic acids is 1. The van der Waals surface area contributed by atoms with E-state index in [0.29, 0.717) is 31.4 Å². The van der Waals surface area contributed by atoms with Gasteiger partial charge in [0.15, 0.2) is 0 Å². The van der Waals surface area contributed by atoms with Gasteiger partial charge in [0.2, 0.25) is 5.01 Å². The summed E-state index contributed by atoms with van der Waals surface area (Å²) in [5, 5.41) is 0.383. The number of aromatic nitrogens is 3. The third-order valence-corrected chi connectivity index (χ3v) is 3.53. The first-order valence-corrected chi connectivity index (χ1v) is 7.25. The van der Waals surface area contributed by atoms with E-state index in [1.54, 1.807) is 19.3 Å². The molecular weight excluding hydrogens is 278 g/mol. The molecule has 0 aliphatic rings. The first kappa shape index (κ1) is 14.7. The van der Waals surface area contributed by atoms with Crippen LogP contribution in [0.4, 0.5) is 0 Å². The number of esters is 1. The van der Waals surface area contributed by atoms with Gasteiger partial charge in [-0.3, -0.25) is 0 Å². The number of hydrogen-bond donors (Lipinski definition) is 0. The van der Waals surface area contributed by atoms with Crippen LogP contribution in [0.1, 0.15) is 34.4 Å². The Morgan fingerprint density at radius 2 is 2.20 bits per heavy atom. The summed E-state index contributed by atoms with van der Waals surface area (Å²) < 4.78 is 12.3. The SMILES string of the molecule is CCOCc1nccn1Cc1cnc(C(=O)OCC)s1. The van der Waals surface area contributed by atoms with Crippen molar-refractivity contribution in [3.8, 4) is 0 Å². The minimum Gasteiger partial charge on any atom is -0.461 e. The molecule has 0 fully saturated rings. The topological polar surface area (TPSA) is 66.2 Å². The quantitative estimate of drug-likeness (QED) is 0.732. The van der Waals surface area contributed by atoms with Crippen LogP contribution in [0.15, 0.2) is 18.6 Å². The molecular formula is C13H17N3O3S. The van der Waals surface area contributed by atoms with Gasteiger partial charge in [-0.05, 0) is 13.8 Å². The zero-order chi connectivity index (χ0) is 14.4. The van der Waals surface area contributed by atoms with E-state index in [2.05, 4.69) is 9.97 Å². The maximum atomic E-state index is 11.6. The second-order valence-corrected chi connectivity index (χ2v) is 5.08. The number of thiazole rings is 1. The molecule has 7 heteroatoms. The number of carbonyl (C=O) groups is 1. The van der Waals surface area contributed by atoms with Crippen molar-refractivity contribution in [3.05, 3.63) is 34.3 Å². The highest BCUT2D eigenvalue weighted by Gasteiger charge is 2.13. The zero-order valence-corrected chi connectivity index (χ0v) is 12.4. The molecule has 2 aromatic rings. The number of imidazole rings is 1. The molecule has 6 nitrogen and oxygen atoms in total. The van der Waals surface area contributed by atoms with Gasteiger partial charge in [-0.1, -0.05) is 0 Å². The van der Waals surface area contributed by atoms with Crippen LogP contribution >= 0.6 is 11.3 Å². The van der Waals surface area contributed by atoms with Gasteiger partial charge in [-0.2, -0.15) is 0 Å². The average Bonchev–Trinajstić information content (AvgIpc) is 3.07. The number of ether oxygens (including phenoxy) is 2. The summed E-state index contributed by atoms with van der Waals surface area (Å²) in [5.41, 5.74) is 0. The maximum absolute atomic E-state index is 11.6. The molecule has 0 aliphatic carbocycles. The van der Waals surface area contributed by atoms with Crippen LogP contribution in [0.25, 0.3) is 0 Å². The van der Waals surface area contributed by atoms with E-state index in [4.69, 9.17) is 9.47 Å². The van der Waals surface area contributed by atoms with Crippen LogP contribution < -0.4 is 0 Å². The minimum atomic E-state index is -0.371. The fraction of sp³-hybridized carbons (Fsp3) is 0.462. The fourth-order valence-electron chi connectivity index (χ4n) is 1.65. The van der Waals surface area contributed by atoms with Gasteiger partial charge >= 0.3 is 5.97 Å². The van der Waals surface area contributed by atoms with Crippen LogP contribution in [0.3, 0.4) is 0 Å². The Morgan fingerprint density at radius 1 is 1.35 bits per heavy atom. The van der Waals surface area contributed by atoms with Crippen molar-refractivity contribution in [2.24, 2.45) is 0 Å². The highest BCUT2D eigenvalue weighted by Crippen LogP contribution is 2.16. The van der Waals surface area contributed by atoms with E-state index in [1.165, 1.54) is 11.3 Å².